The summed E-state index contributed by atoms with van der Waals surface area (Å²) < 4.78 is 54.7. The minimum Gasteiger partial charge on any atom is -0.491 e. The molecule has 35 heavy (non-hydrogen) atoms. The number of halogens is 1. The summed E-state index contributed by atoms with van der Waals surface area (Å²) in [7, 11) is 0. The summed E-state index contributed by atoms with van der Waals surface area (Å²) in [4.78, 5) is 11.0. The first-order chi connectivity index (χ1) is 17.2. The third kappa shape index (κ3) is 21.2. The molecule has 0 atom stereocenters. The molecule has 0 aromatic heterocycles. The number of amides is 1. The van der Waals surface area contributed by atoms with Crippen molar-refractivity contribution in [3.8, 4) is 5.75 Å². The van der Waals surface area contributed by atoms with Gasteiger partial charge in [0.15, 0.2) is 0 Å². The summed E-state index contributed by atoms with van der Waals surface area (Å²) in [6, 6.07) is 7.16. The molecule has 1 aromatic carbocycles. The van der Waals surface area contributed by atoms with Crippen LogP contribution in [-0.4, -0.2) is 112 Å². The molecule has 0 bridgehead atoms. The molecule has 0 saturated heterocycles. The molecule has 0 heterocycles. The molecule has 10 nitrogen and oxygen atoms in total. The third-order valence-corrected chi connectivity index (χ3v) is 4.12. The van der Waals surface area contributed by atoms with Crippen LogP contribution >= 0.6 is 0 Å². The second-order valence-electron chi connectivity index (χ2n) is 7.03. The summed E-state index contributed by atoms with van der Waals surface area (Å²) in [5.74, 6) is 0.606. The van der Waals surface area contributed by atoms with Gasteiger partial charge in [-0.25, -0.2) is 4.39 Å². The molecule has 0 unspecified atom stereocenters. The summed E-state index contributed by atoms with van der Waals surface area (Å²) >= 11 is 0. The fourth-order valence-electron chi connectivity index (χ4n) is 2.53. The molecule has 0 aliphatic rings. The fraction of sp³-hybridized carbons (Fsp3) is 0.708. The Hall–Kier alpha value is -1.86. The van der Waals surface area contributed by atoms with Crippen molar-refractivity contribution in [1.29, 1.82) is 0 Å². The highest BCUT2D eigenvalue weighted by Gasteiger charge is 1.98. The molecule has 0 saturated carbocycles. The number of hydrogen-bond acceptors (Lipinski definition) is 9. The van der Waals surface area contributed by atoms with Crippen LogP contribution in [0.1, 0.15) is 6.92 Å². The number of nitrogens with one attached hydrogen (secondary N) is 1. The van der Waals surface area contributed by atoms with Gasteiger partial charge >= 0.3 is 0 Å². The normalized spacial score (nSPS) is 11.0. The van der Waals surface area contributed by atoms with Crippen molar-refractivity contribution in [2.75, 3.05) is 111 Å². The summed E-state index contributed by atoms with van der Waals surface area (Å²) in [6.45, 7) is 7.66. The van der Waals surface area contributed by atoms with E-state index >= 15 is 0 Å². The SMILES string of the molecule is CC(=O)Nc1ccc(OCCOCCOCCOCCOCCOCCOCCOCCF)cc1. The van der Waals surface area contributed by atoms with Crippen molar-refractivity contribution in [2.24, 2.45) is 0 Å². The third-order valence-electron chi connectivity index (χ3n) is 4.12. The van der Waals surface area contributed by atoms with E-state index in [1.165, 1.54) is 6.92 Å². The zero-order valence-electron chi connectivity index (χ0n) is 20.7. The maximum Gasteiger partial charge on any atom is 0.221 e. The second-order valence-corrected chi connectivity index (χ2v) is 7.03. The van der Waals surface area contributed by atoms with Gasteiger partial charge in [0.05, 0.1) is 92.5 Å². The first-order valence-electron chi connectivity index (χ1n) is 11.8. The average molecular weight is 506 g/mol. The molecule has 1 N–H and O–H groups in total. The molecule has 0 radical (unpaired) electrons. The number of carbonyl (C=O) groups is 1. The molecule has 0 aliphatic heterocycles. The van der Waals surface area contributed by atoms with Gasteiger partial charge in [-0.2, -0.15) is 0 Å². The summed E-state index contributed by atoms with van der Waals surface area (Å²) in [5, 5.41) is 2.70. The van der Waals surface area contributed by atoms with Crippen molar-refractivity contribution >= 4 is 11.6 Å². The molecule has 0 spiro atoms. The van der Waals surface area contributed by atoms with Crippen molar-refractivity contribution in [3.63, 3.8) is 0 Å². The molecular formula is C24H40FNO9. The highest BCUT2D eigenvalue weighted by molar-refractivity contribution is 5.88. The second kappa shape index (κ2) is 23.9. The Balaban J connectivity index is 1.73. The van der Waals surface area contributed by atoms with Gasteiger partial charge in [0, 0.05) is 12.6 Å². The molecule has 1 aromatic rings. The number of alkyl halides is 1. The molecule has 11 heteroatoms. The standard InChI is InChI=1S/C24H40FNO9/c1-22(27)26-23-2-4-24(5-3-23)35-21-20-34-19-18-33-17-16-32-15-14-31-13-12-30-11-10-29-9-8-28-7-6-25/h2-5H,6-21H2,1H3,(H,26,27). The van der Waals surface area contributed by atoms with Crippen molar-refractivity contribution < 1.29 is 47.1 Å². The van der Waals surface area contributed by atoms with Gasteiger partial charge in [-0.15, -0.1) is 0 Å². The number of carbonyl (C=O) groups excluding carboxylic acids is 1. The highest BCUT2D eigenvalue weighted by atomic mass is 19.1. The molecule has 0 fully saturated rings. The van der Waals surface area contributed by atoms with E-state index < -0.39 is 6.67 Å². The lowest BCUT2D eigenvalue weighted by atomic mass is 10.3. The van der Waals surface area contributed by atoms with Crippen molar-refractivity contribution in [1.82, 2.24) is 0 Å². The van der Waals surface area contributed by atoms with E-state index in [2.05, 4.69) is 5.32 Å². The zero-order valence-corrected chi connectivity index (χ0v) is 20.7. The van der Waals surface area contributed by atoms with Crippen LogP contribution < -0.4 is 10.1 Å². The smallest absolute Gasteiger partial charge is 0.221 e. The zero-order chi connectivity index (χ0) is 25.2. The van der Waals surface area contributed by atoms with E-state index in [9.17, 15) is 9.18 Å². The molecule has 1 amide bonds. The van der Waals surface area contributed by atoms with Gasteiger partial charge in [0.2, 0.25) is 5.91 Å². The van der Waals surface area contributed by atoms with E-state index in [0.717, 1.165) is 5.69 Å². The fourth-order valence-corrected chi connectivity index (χ4v) is 2.53. The average Bonchev–Trinajstić information content (AvgIpc) is 2.85. The Labute approximate surface area is 207 Å². The van der Waals surface area contributed by atoms with Crippen LogP contribution in [0, 0.1) is 0 Å². The Morgan fingerprint density at radius 2 is 0.943 bits per heavy atom. The quantitative estimate of drug-likeness (QED) is 0.200. The van der Waals surface area contributed by atoms with Crippen LogP contribution in [0.2, 0.25) is 0 Å². The van der Waals surface area contributed by atoms with Crippen LogP contribution in [0.5, 0.6) is 5.75 Å². The van der Waals surface area contributed by atoms with Crippen LogP contribution in [0.15, 0.2) is 24.3 Å². The van der Waals surface area contributed by atoms with Gasteiger partial charge in [-0.3, -0.25) is 4.79 Å². The number of anilines is 1. The van der Waals surface area contributed by atoms with E-state index in [-0.39, 0.29) is 12.5 Å². The number of ether oxygens (including phenoxy) is 8. The minimum absolute atomic E-state index is 0.109. The van der Waals surface area contributed by atoms with Gasteiger partial charge in [0.1, 0.15) is 19.0 Å². The predicted octanol–water partition coefficient (Wildman–Crippen LogP) is 2.11. The largest absolute Gasteiger partial charge is 0.491 e. The van der Waals surface area contributed by atoms with Gasteiger partial charge in [-0.05, 0) is 24.3 Å². The van der Waals surface area contributed by atoms with E-state index in [4.69, 9.17) is 37.9 Å². The minimum atomic E-state index is -0.475. The number of benzene rings is 1. The first kappa shape index (κ1) is 31.2. The lowest BCUT2D eigenvalue weighted by molar-refractivity contribution is -0.114. The molecule has 1 rings (SSSR count). The van der Waals surface area contributed by atoms with Gasteiger partial charge < -0.3 is 43.2 Å². The Bertz CT molecular complexity index is 607. The van der Waals surface area contributed by atoms with E-state index in [1.807, 2.05) is 0 Å². The summed E-state index contributed by atoms with van der Waals surface area (Å²) in [5.41, 5.74) is 0.730. The van der Waals surface area contributed by atoms with Gasteiger partial charge in [-0.1, -0.05) is 0 Å². The lowest BCUT2D eigenvalue weighted by Gasteiger charge is -2.09. The van der Waals surface area contributed by atoms with Crippen molar-refractivity contribution in [2.45, 2.75) is 6.92 Å². The topological polar surface area (TPSA) is 103 Å². The van der Waals surface area contributed by atoms with Crippen LogP contribution in [0.3, 0.4) is 0 Å². The predicted molar refractivity (Wildman–Crippen MR) is 128 cm³/mol. The first-order valence-corrected chi connectivity index (χ1v) is 11.8. The Morgan fingerprint density at radius 1 is 0.600 bits per heavy atom. The maximum absolute atomic E-state index is 11.8. The van der Waals surface area contributed by atoms with Gasteiger partial charge in [0.25, 0.3) is 0 Å². The monoisotopic (exact) mass is 505 g/mol. The van der Waals surface area contributed by atoms with Crippen LogP contribution in [0.4, 0.5) is 10.1 Å². The van der Waals surface area contributed by atoms with Crippen LogP contribution in [-0.2, 0) is 38.0 Å². The Morgan fingerprint density at radius 3 is 1.29 bits per heavy atom. The highest BCUT2D eigenvalue weighted by Crippen LogP contribution is 2.15. The summed E-state index contributed by atoms with van der Waals surface area (Å²) in [6.07, 6.45) is 0. The number of rotatable bonds is 25. The van der Waals surface area contributed by atoms with E-state index in [0.29, 0.717) is 98.2 Å². The Kier molecular flexibility index (Phi) is 21.3. The molecular weight excluding hydrogens is 465 g/mol. The molecule has 0 aliphatic carbocycles. The molecule has 202 valence electrons. The van der Waals surface area contributed by atoms with Crippen LogP contribution in [0.25, 0.3) is 0 Å². The lowest BCUT2D eigenvalue weighted by Crippen LogP contribution is -2.15. The maximum atomic E-state index is 11.8. The van der Waals surface area contributed by atoms with Crippen molar-refractivity contribution in [3.05, 3.63) is 24.3 Å². The number of hydrogen-bond donors (Lipinski definition) is 1. The van der Waals surface area contributed by atoms with E-state index in [1.54, 1.807) is 24.3 Å².